The third-order valence-corrected chi connectivity index (χ3v) is 7.62. The lowest BCUT2D eigenvalue weighted by atomic mass is 10.1. The van der Waals surface area contributed by atoms with Gasteiger partial charge in [0, 0.05) is 36.6 Å². The minimum atomic E-state index is -3.55. The van der Waals surface area contributed by atoms with Crippen molar-refractivity contribution in [3.05, 3.63) is 53.0 Å². The average molecular weight is 473 g/mol. The number of sulfonamides is 1. The van der Waals surface area contributed by atoms with E-state index in [0.29, 0.717) is 36.5 Å². The summed E-state index contributed by atoms with van der Waals surface area (Å²) in [5, 5.41) is 6.98. The maximum Gasteiger partial charge on any atom is 0.254 e. The van der Waals surface area contributed by atoms with Crippen molar-refractivity contribution < 1.29 is 18.0 Å². The average Bonchev–Trinajstić information content (AvgIpc) is 3.19. The first-order valence-corrected chi connectivity index (χ1v) is 12.1. The van der Waals surface area contributed by atoms with E-state index in [0.717, 1.165) is 11.3 Å². The highest BCUT2D eigenvalue weighted by atomic mass is 32.2. The van der Waals surface area contributed by atoms with Crippen molar-refractivity contribution in [2.24, 2.45) is 5.73 Å². The van der Waals surface area contributed by atoms with Gasteiger partial charge in [-0.2, -0.15) is 9.40 Å². The zero-order chi connectivity index (χ0) is 24.3. The first-order valence-electron chi connectivity index (χ1n) is 10.6. The zero-order valence-corrected chi connectivity index (χ0v) is 19.9. The Morgan fingerprint density at radius 1 is 1.12 bits per heavy atom. The van der Waals surface area contributed by atoms with Crippen molar-refractivity contribution >= 4 is 33.2 Å². The Morgan fingerprint density at radius 2 is 1.76 bits per heavy atom. The fraction of sp³-hybridized carbons (Fsp3) is 0.364. The number of hydrogen-bond donors (Lipinski definition) is 2. The van der Waals surface area contributed by atoms with Crippen LogP contribution in [-0.4, -0.2) is 52.2 Å². The van der Waals surface area contributed by atoms with Gasteiger partial charge in [-0.25, -0.2) is 17.9 Å². The third-order valence-electron chi connectivity index (χ3n) is 5.56. The number of primary amides is 1. The summed E-state index contributed by atoms with van der Waals surface area (Å²) < 4.78 is 28.1. The normalized spacial score (nSPS) is 11.8. The molecular weight excluding hydrogens is 444 g/mol. The van der Waals surface area contributed by atoms with Crippen LogP contribution in [0, 0.1) is 13.8 Å². The van der Waals surface area contributed by atoms with Crippen LogP contribution in [0.5, 0.6) is 0 Å². The molecule has 0 unspecified atom stereocenters. The van der Waals surface area contributed by atoms with Crippen molar-refractivity contribution in [2.45, 2.75) is 45.4 Å². The number of carbonyl (C=O) groups excluding carboxylic acids is 2. The van der Waals surface area contributed by atoms with Gasteiger partial charge in [0.25, 0.3) is 5.91 Å². The summed E-state index contributed by atoms with van der Waals surface area (Å²) in [6.07, 6.45) is 2.00. The second-order valence-corrected chi connectivity index (χ2v) is 9.52. The second kappa shape index (κ2) is 9.67. The first-order chi connectivity index (χ1) is 15.6. The van der Waals surface area contributed by atoms with E-state index in [1.807, 2.05) is 13.8 Å². The van der Waals surface area contributed by atoms with Crippen molar-refractivity contribution in [1.29, 1.82) is 0 Å². The van der Waals surface area contributed by atoms with E-state index in [1.165, 1.54) is 22.6 Å². The maximum absolute atomic E-state index is 12.6. The van der Waals surface area contributed by atoms with Crippen LogP contribution in [0.4, 0.5) is 5.69 Å². The molecule has 0 aliphatic carbocycles. The summed E-state index contributed by atoms with van der Waals surface area (Å²) in [7, 11) is -3.55. The number of nitrogens with zero attached hydrogens (tertiary/aromatic N) is 4. The lowest BCUT2D eigenvalue weighted by molar-refractivity contribution is -0.116. The molecule has 0 saturated carbocycles. The lowest BCUT2D eigenvalue weighted by Gasteiger charge is -2.18. The molecule has 3 aromatic rings. The predicted molar refractivity (Wildman–Crippen MR) is 124 cm³/mol. The molecule has 1 aromatic carbocycles. The van der Waals surface area contributed by atoms with Gasteiger partial charge >= 0.3 is 0 Å². The molecule has 3 rings (SSSR count). The molecule has 3 N–H and O–H groups in total. The van der Waals surface area contributed by atoms with Gasteiger partial charge in [-0.3, -0.25) is 9.59 Å². The van der Waals surface area contributed by atoms with Crippen LogP contribution in [-0.2, 0) is 21.2 Å². The SMILES string of the molecule is CCN(CC)S(=O)(=O)c1ccc(NC(=O)CCc2c(C)nc3c(C(N)=O)cnn3c2C)cc1. The van der Waals surface area contributed by atoms with Crippen molar-refractivity contribution in [3.8, 4) is 0 Å². The molecule has 2 aromatic heterocycles. The molecule has 2 amide bonds. The van der Waals surface area contributed by atoms with Gasteiger partial charge in [0.1, 0.15) is 5.56 Å². The van der Waals surface area contributed by atoms with Crippen LogP contribution < -0.4 is 11.1 Å². The first kappa shape index (κ1) is 24.3. The molecule has 0 aliphatic heterocycles. The van der Waals surface area contributed by atoms with Crippen LogP contribution in [0.25, 0.3) is 5.65 Å². The van der Waals surface area contributed by atoms with Crippen molar-refractivity contribution in [2.75, 3.05) is 18.4 Å². The molecule has 0 saturated heterocycles. The number of nitrogens with one attached hydrogen (secondary N) is 1. The van der Waals surface area contributed by atoms with E-state index in [1.54, 1.807) is 30.5 Å². The number of anilines is 1. The van der Waals surface area contributed by atoms with Gasteiger partial charge in [0.2, 0.25) is 15.9 Å². The van der Waals surface area contributed by atoms with Gasteiger partial charge in [0.15, 0.2) is 5.65 Å². The number of benzene rings is 1. The van der Waals surface area contributed by atoms with E-state index in [9.17, 15) is 18.0 Å². The van der Waals surface area contributed by atoms with Crippen LogP contribution in [0.2, 0.25) is 0 Å². The second-order valence-electron chi connectivity index (χ2n) is 7.58. The lowest BCUT2D eigenvalue weighted by Crippen LogP contribution is -2.30. The molecule has 0 spiro atoms. The molecule has 11 heteroatoms. The quantitative estimate of drug-likeness (QED) is 0.488. The van der Waals surface area contributed by atoms with Gasteiger partial charge in [-0.1, -0.05) is 13.8 Å². The van der Waals surface area contributed by atoms with Gasteiger partial charge in [0.05, 0.1) is 11.1 Å². The maximum atomic E-state index is 12.6. The largest absolute Gasteiger partial charge is 0.365 e. The smallest absolute Gasteiger partial charge is 0.254 e. The van der Waals surface area contributed by atoms with E-state index in [-0.39, 0.29) is 22.8 Å². The number of carbonyl (C=O) groups is 2. The molecule has 0 aliphatic rings. The number of rotatable bonds is 9. The van der Waals surface area contributed by atoms with Crippen LogP contribution in [0.1, 0.15) is 47.6 Å². The van der Waals surface area contributed by atoms with Crippen LogP contribution in [0.3, 0.4) is 0 Å². The molecule has 10 nitrogen and oxygen atoms in total. The fourth-order valence-electron chi connectivity index (χ4n) is 3.73. The van der Waals surface area contributed by atoms with Crippen molar-refractivity contribution in [1.82, 2.24) is 18.9 Å². The molecular formula is C22H28N6O4S. The third kappa shape index (κ3) is 4.88. The van der Waals surface area contributed by atoms with Gasteiger partial charge in [-0.05, 0) is 50.1 Å². The van der Waals surface area contributed by atoms with E-state index >= 15 is 0 Å². The molecule has 176 valence electrons. The Bertz CT molecular complexity index is 1290. The molecule has 0 radical (unpaired) electrons. The monoisotopic (exact) mass is 472 g/mol. The summed E-state index contributed by atoms with van der Waals surface area (Å²) >= 11 is 0. The van der Waals surface area contributed by atoms with E-state index in [4.69, 9.17) is 5.73 Å². The highest BCUT2D eigenvalue weighted by molar-refractivity contribution is 7.89. The number of aromatic nitrogens is 3. The number of nitrogens with two attached hydrogens (primary N) is 1. The molecule has 0 bridgehead atoms. The minimum Gasteiger partial charge on any atom is -0.365 e. The van der Waals surface area contributed by atoms with Crippen LogP contribution >= 0.6 is 0 Å². The number of amides is 2. The Labute approximate surface area is 192 Å². The Balaban J connectivity index is 1.70. The van der Waals surface area contributed by atoms with Gasteiger partial charge in [-0.15, -0.1) is 0 Å². The van der Waals surface area contributed by atoms with E-state index < -0.39 is 15.9 Å². The number of hydrogen-bond acceptors (Lipinski definition) is 6. The fourth-order valence-corrected chi connectivity index (χ4v) is 5.19. The molecule has 2 heterocycles. The minimum absolute atomic E-state index is 0.185. The summed E-state index contributed by atoms with van der Waals surface area (Å²) in [6.45, 7) is 8.01. The van der Waals surface area contributed by atoms with E-state index in [2.05, 4.69) is 15.4 Å². The molecule has 0 atom stereocenters. The predicted octanol–water partition coefficient (Wildman–Crippen LogP) is 2.05. The summed E-state index contributed by atoms with van der Waals surface area (Å²) in [4.78, 5) is 28.7. The topological polar surface area (TPSA) is 140 Å². The molecule has 33 heavy (non-hydrogen) atoms. The number of aryl methyl sites for hydroxylation is 2. The van der Waals surface area contributed by atoms with Crippen LogP contribution in [0.15, 0.2) is 35.4 Å². The Morgan fingerprint density at radius 3 is 2.33 bits per heavy atom. The summed E-state index contributed by atoms with van der Waals surface area (Å²) in [6, 6.07) is 6.13. The number of fused-ring (bicyclic) bond motifs is 1. The Kier molecular flexibility index (Phi) is 7.13. The highest BCUT2D eigenvalue weighted by Crippen LogP contribution is 2.20. The van der Waals surface area contributed by atoms with Crippen molar-refractivity contribution in [3.63, 3.8) is 0 Å². The summed E-state index contributed by atoms with van der Waals surface area (Å²) in [5.74, 6) is -0.814. The standard InChI is InChI=1S/C22H28N6O4S/c1-5-27(6-2)33(31,32)17-9-7-16(8-10-17)26-20(29)12-11-18-14(3)25-22-19(21(23)30)13-24-28(22)15(18)4/h7-10,13H,5-6,11-12H2,1-4H3,(H2,23,30)(H,26,29). The Hall–Kier alpha value is -3.31. The highest BCUT2D eigenvalue weighted by Gasteiger charge is 2.21. The molecule has 0 fully saturated rings. The summed E-state index contributed by atoms with van der Waals surface area (Å²) in [5.41, 5.74) is 8.87. The van der Waals surface area contributed by atoms with Gasteiger partial charge < -0.3 is 11.1 Å². The zero-order valence-electron chi connectivity index (χ0n) is 19.1.